The Morgan fingerprint density at radius 1 is 1.09 bits per heavy atom. The molecule has 234 valence electrons. The first-order valence-corrected chi connectivity index (χ1v) is 16.8. The molecule has 2 heterocycles. The van der Waals surface area contributed by atoms with Crippen LogP contribution >= 0.6 is 0 Å². The van der Waals surface area contributed by atoms with Gasteiger partial charge in [-0.15, -0.1) is 0 Å². The highest BCUT2D eigenvalue weighted by Gasteiger charge is 2.31. The Morgan fingerprint density at radius 3 is 2.44 bits per heavy atom. The number of aliphatic hydroxyl groups excluding tert-OH is 1. The molecule has 5 rings (SSSR count). The van der Waals surface area contributed by atoms with Crippen LogP contribution in [0.2, 0.25) is 0 Å². The van der Waals surface area contributed by atoms with E-state index in [0.717, 1.165) is 34.9 Å². The molecule has 0 unspecified atom stereocenters. The maximum atomic E-state index is 13.8. The van der Waals surface area contributed by atoms with Crippen LogP contribution < -0.4 is 14.9 Å². The SMILES string of the molecule is CCN1c2cc(C(=O)N[C@@H](Cc3ccccc3)[C@H](O)CNC3CCCCC3)cc3c2c(cn3CC)CCS1(=O)=O.O=CO. The third-order valence-electron chi connectivity index (χ3n) is 8.46. The van der Waals surface area contributed by atoms with Crippen molar-refractivity contribution in [3.8, 4) is 0 Å². The Hall–Kier alpha value is -3.41. The Bertz CT molecular complexity index is 1480. The minimum Gasteiger partial charge on any atom is -0.483 e. The third kappa shape index (κ3) is 7.76. The van der Waals surface area contributed by atoms with Crippen molar-refractivity contribution in [2.24, 2.45) is 0 Å². The highest BCUT2D eigenvalue weighted by Crippen LogP contribution is 2.37. The predicted octanol–water partition coefficient (Wildman–Crippen LogP) is 3.70. The first-order chi connectivity index (χ1) is 20.7. The lowest BCUT2D eigenvalue weighted by atomic mass is 9.94. The van der Waals surface area contributed by atoms with E-state index < -0.39 is 22.2 Å². The fourth-order valence-corrected chi connectivity index (χ4v) is 7.81. The quantitative estimate of drug-likeness (QED) is 0.256. The molecular weight excluding hydrogens is 568 g/mol. The summed E-state index contributed by atoms with van der Waals surface area (Å²) < 4.78 is 29.8. The van der Waals surface area contributed by atoms with Gasteiger partial charge in [0.25, 0.3) is 12.4 Å². The van der Waals surface area contributed by atoms with E-state index in [0.29, 0.717) is 49.8 Å². The van der Waals surface area contributed by atoms with Crippen LogP contribution in [0.25, 0.3) is 10.9 Å². The number of nitrogens with zero attached hydrogens (tertiary/aromatic N) is 2. The number of anilines is 1. The summed E-state index contributed by atoms with van der Waals surface area (Å²) in [4.78, 5) is 22.2. The van der Waals surface area contributed by atoms with Crippen LogP contribution in [0.1, 0.15) is 67.4 Å². The van der Waals surface area contributed by atoms with Crippen LogP contribution in [-0.4, -0.2) is 72.6 Å². The van der Waals surface area contributed by atoms with Gasteiger partial charge in [-0.25, -0.2) is 8.42 Å². The number of rotatable bonds is 10. The zero-order valence-electron chi connectivity index (χ0n) is 25.0. The third-order valence-corrected chi connectivity index (χ3v) is 10.3. The van der Waals surface area contributed by atoms with Crippen LogP contribution in [0.5, 0.6) is 0 Å². The van der Waals surface area contributed by atoms with Crippen LogP contribution in [0.4, 0.5) is 5.69 Å². The number of benzene rings is 2. The minimum atomic E-state index is -3.51. The number of carbonyl (C=O) groups excluding carboxylic acids is 1. The molecular formula is C32H44N4O6S. The molecule has 3 aromatic rings. The van der Waals surface area contributed by atoms with Gasteiger partial charge in [0.15, 0.2) is 0 Å². The lowest BCUT2D eigenvalue weighted by Gasteiger charge is -2.29. The van der Waals surface area contributed by atoms with Gasteiger partial charge in [-0.3, -0.25) is 13.9 Å². The molecule has 1 amide bonds. The normalized spacial score (nSPS) is 17.8. The first-order valence-electron chi connectivity index (χ1n) is 15.2. The average molecular weight is 613 g/mol. The Kier molecular flexibility index (Phi) is 11.2. The van der Waals surface area contributed by atoms with Crippen molar-refractivity contribution in [3.05, 3.63) is 65.4 Å². The van der Waals surface area contributed by atoms with Gasteiger partial charge in [-0.1, -0.05) is 49.6 Å². The summed E-state index contributed by atoms with van der Waals surface area (Å²) in [6, 6.07) is 13.3. The van der Waals surface area contributed by atoms with Gasteiger partial charge >= 0.3 is 0 Å². The van der Waals surface area contributed by atoms with Crippen molar-refractivity contribution in [1.29, 1.82) is 0 Å². The van der Waals surface area contributed by atoms with Crippen LogP contribution in [0.3, 0.4) is 0 Å². The molecule has 1 aliphatic carbocycles. The zero-order chi connectivity index (χ0) is 31.0. The van der Waals surface area contributed by atoms with Gasteiger partial charge in [0.1, 0.15) is 0 Å². The maximum Gasteiger partial charge on any atom is 0.290 e. The van der Waals surface area contributed by atoms with E-state index in [1.807, 2.05) is 56.4 Å². The summed E-state index contributed by atoms with van der Waals surface area (Å²) in [7, 11) is -3.51. The summed E-state index contributed by atoms with van der Waals surface area (Å²) in [5.41, 5.74) is 3.82. The van der Waals surface area contributed by atoms with Gasteiger partial charge < -0.3 is 25.4 Å². The number of nitrogens with one attached hydrogen (secondary N) is 2. The first kappa shape index (κ1) is 32.5. The molecule has 43 heavy (non-hydrogen) atoms. The molecule has 4 N–H and O–H groups in total. The van der Waals surface area contributed by atoms with Gasteiger partial charge in [-0.2, -0.15) is 0 Å². The van der Waals surface area contributed by atoms with Crippen molar-refractivity contribution < 1.29 is 28.2 Å². The largest absolute Gasteiger partial charge is 0.483 e. The van der Waals surface area contributed by atoms with Crippen LogP contribution in [0.15, 0.2) is 48.7 Å². The molecule has 11 heteroatoms. The second-order valence-corrected chi connectivity index (χ2v) is 13.3. The lowest BCUT2D eigenvalue weighted by Crippen LogP contribution is -2.50. The smallest absolute Gasteiger partial charge is 0.290 e. The monoisotopic (exact) mass is 612 g/mol. The molecule has 2 atom stereocenters. The fraction of sp³-hybridized carbons (Fsp3) is 0.500. The van der Waals surface area contributed by atoms with Crippen LogP contribution in [-0.2, 0) is 34.2 Å². The number of carbonyl (C=O) groups is 2. The molecule has 1 aromatic heterocycles. The highest BCUT2D eigenvalue weighted by atomic mass is 32.2. The second-order valence-electron chi connectivity index (χ2n) is 11.2. The molecule has 2 aromatic carbocycles. The van der Waals surface area contributed by atoms with Crippen molar-refractivity contribution in [1.82, 2.24) is 15.2 Å². The van der Waals surface area contributed by atoms with Crippen molar-refractivity contribution in [2.45, 2.75) is 83.5 Å². The number of hydrogen-bond acceptors (Lipinski definition) is 6. The van der Waals surface area contributed by atoms with Crippen molar-refractivity contribution >= 4 is 39.0 Å². The molecule has 0 spiro atoms. The number of amides is 1. The van der Waals surface area contributed by atoms with Crippen LogP contribution in [0, 0.1) is 0 Å². The number of aliphatic hydroxyl groups is 1. The number of sulfonamides is 1. The topological polar surface area (TPSA) is 141 Å². The second kappa shape index (κ2) is 14.9. The Morgan fingerprint density at radius 2 is 1.79 bits per heavy atom. The predicted molar refractivity (Wildman–Crippen MR) is 169 cm³/mol. The van der Waals surface area contributed by atoms with Crippen molar-refractivity contribution in [3.63, 3.8) is 0 Å². The molecule has 1 aliphatic heterocycles. The van der Waals surface area contributed by atoms with Crippen molar-refractivity contribution in [2.75, 3.05) is 23.1 Å². The molecule has 0 bridgehead atoms. The summed E-state index contributed by atoms with van der Waals surface area (Å²) in [6.07, 6.45) is 8.06. The minimum absolute atomic E-state index is 0.0409. The average Bonchev–Trinajstić information content (AvgIpc) is 3.33. The van der Waals surface area contributed by atoms with Gasteiger partial charge in [0, 0.05) is 42.8 Å². The van der Waals surface area contributed by atoms with E-state index >= 15 is 0 Å². The van der Waals surface area contributed by atoms with E-state index in [-0.39, 0.29) is 18.1 Å². The zero-order valence-corrected chi connectivity index (χ0v) is 25.9. The van der Waals surface area contributed by atoms with Gasteiger partial charge in [-0.05, 0) is 62.8 Å². The summed E-state index contributed by atoms with van der Waals surface area (Å²) >= 11 is 0. The molecule has 1 saturated carbocycles. The number of hydrogen-bond donors (Lipinski definition) is 4. The fourth-order valence-electron chi connectivity index (χ4n) is 6.27. The molecule has 0 saturated heterocycles. The number of aryl methyl sites for hydroxylation is 2. The molecule has 10 nitrogen and oxygen atoms in total. The summed E-state index contributed by atoms with van der Waals surface area (Å²) in [5, 5.41) is 25.7. The summed E-state index contributed by atoms with van der Waals surface area (Å²) in [6.45, 7) is 5.02. The maximum absolute atomic E-state index is 13.8. The lowest BCUT2D eigenvalue weighted by molar-refractivity contribution is -0.122. The standard InChI is InChI=1S/C31H42N4O4S.CH2O2/c1-3-34-21-23-15-16-40(38,39)35(4-2)28-19-24(18-27(34)30(23)28)31(37)33-26(17-22-11-7-5-8-12-22)29(36)20-32-25-13-9-6-10-14-25;2-1-3/h5,7-8,11-12,18-19,21,25-26,29,32,36H,3-4,6,9-10,13-17,20H2,1-2H3,(H,33,37);1H,(H,2,3)/t26-,29+;/m0./s1. The molecule has 0 radical (unpaired) electrons. The molecule has 1 fully saturated rings. The highest BCUT2D eigenvalue weighted by molar-refractivity contribution is 7.92. The molecule has 2 aliphatic rings. The van der Waals surface area contributed by atoms with E-state index in [1.54, 1.807) is 6.07 Å². The Labute approximate surface area is 254 Å². The number of aromatic nitrogens is 1. The summed E-state index contributed by atoms with van der Waals surface area (Å²) in [5.74, 6) is -0.280. The van der Waals surface area contributed by atoms with E-state index in [4.69, 9.17) is 9.90 Å². The number of carboxylic acid groups (broad SMARTS) is 1. The van der Waals surface area contributed by atoms with Gasteiger partial charge in [0.05, 0.1) is 29.1 Å². The van der Waals surface area contributed by atoms with Gasteiger partial charge in [0.2, 0.25) is 10.0 Å². The van der Waals surface area contributed by atoms with E-state index in [9.17, 15) is 18.3 Å². The van der Waals surface area contributed by atoms with E-state index in [1.165, 1.54) is 23.6 Å². The Balaban J connectivity index is 0.00000135. The van der Waals surface area contributed by atoms with E-state index in [2.05, 4.69) is 15.2 Å².